The normalized spacial score (nSPS) is 12.6. The van der Waals surface area contributed by atoms with Gasteiger partial charge in [0.1, 0.15) is 0 Å². The molecule has 0 spiro atoms. The number of hydrogen-bond acceptors (Lipinski definition) is 5. The number of benzene rings is 1. The summed E-state index contributed by atoms with van der Waals surface area (Å²) in [6.45, 7) is 7.05. The second-order valence-electron chi connectivity index (χ2n) is 4.66. The monoisotopic (exact) mass is 291 g/mol. The van der Waals surface area contributed by atoms with Crippen molar-refractivity contribution in [2.24, 2.45) is 0 Å². The molecule has 1 unspecified atom stereocenters. The molecule has 0 saturated carbocycles. The van der Waals surface area contributed by atoms with Crippen molar-refractivity contribution >= 4 is 11.8 Å². The number of nitrogens with zero attached hydrogens (tertiary/aromatic N) is 2. The van der Waals surface area contributed by atoms with Gasteiger partial charge in [-0.3, -0.25) is 0 Å². The SMILES string of the molecule is CCSc1ccc(-c2noc(CNC(C)CC)n2)cc1. The molecule has 4 nitrogen and oxygen atoms in total. The molecule has 1 N–H and O–H groups in total. The summed E-state index contributed by atoms with van der Waals surface area (Å²) in [5, 5.41) is 7.37. The van der Waals surface area contributed by atoms with E-state index in [1.54, 1.807) is 0 Å². The van der Waals surface area contributed by atoms with Crippen LogP contribution in [0.2, 0.25) is 0 Å². The van der Waals surface area contributed by atoms with Crippen LogP contribution in [0.5, 0.6) is 0 Å². The first-order valence-electron chi connectivity index (χ1n) is 7.02. The minimum absolute atomic E-state index is 0.454. The van der Waals surface area contributed by atoms with Gasteiger partial charge in [-0.15, -0.1) is 11.8 Å². The molecule has 0 radical (unpaired) electrons. The predicted molar refractivity (Wildman–Crippen MR) is 82.7 cm³/mol. The Bertz CT molecular complexity index is 524. The Morgan fingerprint density at radius 3 is 2.65 bits per heavy atom. The van der Waals surface area contributed by atoms with Crippen LogP contribution in [0, 0.1) is 0 Å². The molecule has 1 heterocycles. The molecular formula is C15H21N3OS. The van der Waals surface area contributed by atoms with Gasteiger partial charge in [0.15, 0.2) is 0 Å². The zero-order valence-corrected chi connectivity index (χ0v) is 13.0. The first-order valence-corrected chi connectivity index (χ1v) is 8.00. The molecule has 0 aliphatic heterocycles. The van der Waals surface area contributed by atoms with Gasteiger partial charge < -0.3 is 9.84 Å². The van der Waals surface area contributed by atoms with Crippen molar-refractivity contribution in [2.75, 3.05) is 5.75 Å². The maximum absolute atomic E-state index is 5.26. The Labute approximate surface area is 124 Å². The van der Waals surface area contributed by atoms with Crippen LogP contribution in [-0.4, -0.2) is 21.9 Å². The quantitative estimate of drug-likeness (QED) is 0.788. The summed E-state index contributed by atoms with van der Waals surface area (Å²) >= 11 is 1.82. The fourth-order valence-electron chi connectivity index (χ4n) is 1.72. The van der Waals surface area contributed by atoms with Crippen LogP contribution >= 0.6 is 11.8 Å². The summed E-state index contributed by atoms with van der Waals surface area (Å²) in [6, 6.07) is 8.72. The van der Waals surface area contributed by atoms with Gasteiger partial charge >= 0.3 is 0 Å². The van der Waals surface area contributed by atoms with Gasteiger partial charge in [0, 0.05) is 16.5 Å². The number of aromatic nitrogens is 2. The van der Waals surface area contributed by atoms with E-state index in [4.69, 9.17) is 4.52 Å². The van der Waals surface area contributed by atoms with E-state index in [1.165, 1.54) is 4.90 Å². The first kappa shape index (κ1) is 15.1. The Hall–Kier alpha value is -1.33. The van der Waals surface area contributed by atoms with E-state index in [0.29, 0.717) is 24.3 Å². The summed E-state index contributed by atoms with van der Waals surface area (Å²) < 4.78 is 5.26. The maximum atomic E-state index is 5.26. The fourth-order valence-corrected chi connectivity index (χ4v) is 2.38. The van der Waals surface area contributed by atoms with E-state index in [0.717, 1.165) is 17.7 Å². The van der Waals surface area contributed by atoms with E-state index in [1.807, 2.05) is 23.9 Å². The highest BCUT2D eigenvalue weighted by atomic mass is 32.2. The molecule has 2 rings (SSSR count). The van der Waals surface area contributed by atoms with Gasteiger partial charge in [-0.1, -0.05) is 19.0 Å². The van der Waals surface area contributed by atoms with Crippen LogP contribution in [0.15, 0.2) is 33.7 Å². The lowest BCUT2D eigenvalue weighted by Crippen LogP contribution is -2.24. The molecule has 0 aliphatic rings. The minimum atomic E-state index is 0.454. The standard InChI is InChI=1S/C15H21N3OS/c1-4-11(3)16-10-14-17-15(18-19-14)12-6-8-13(9-7-12)20-5-2/h6-9,11,16H,4-5,10H2,1-3H3. The molecule has 0 fully saturated rings. The van der Waals surface area contributed by atoms with Crippen LogP contribution in [0.1, 0.15) is 33.1 Å². The van der Waals surface area contributed by atoms with E-state index in [2.05, 4.69) is 48.4 Å². The maximum Gasteiger partial charge on any atom is 0.240 e. The lowest BCUT2D eigenvalue weighted by molar-refractivity contribution is 0.358. The fraction of sp³-hybridized carbons (Fsp3) is 0.467. The number of hydrogen-bond donors (Lipinski definition) is 1. The van der Waals surface area contributed by atoms with Gasteiger partial charge in [0.05, 0.1) is 6.54 Å². The molecule has 0 bridgehead atoms. The van der Waals surface area contributed by atoms with Gasteiger partial charge in [0.2, 0.25) is 11.7 Å². The largest absolute Gasteiger partial charge is 0.338 e. The third-order valence-corrected chi connectivity index (χ3v) is 4.00. The number of thioether (sulfide) groups is 1. The molecule has 20 heavy (non-hydrogen) atoms. The van der Waals surface area contributed by atoms with Crippen LogP contribution in [0.25, 0.3) is 11.4 Å². The summed E-state index contributed by atoms with van der Waals surface area (Å²) in [6.07, 6.45) is 1.08. The average molecular weight is 291 g/mol. The molecule has 0 amide bonds. The van der Waals surface area contributed by atoms with Crippen LogP contribution in [0.4, 0.5) is 0 Å². The minimum Gasteiger partial charge on any atom is -0.338 e. The highest BCUT2D eigenvalue weighted by Crippen LogP contribution is 2.22. The third kappa shape index (κ3) is 4.08. The van der Waals surface area contributed by atoms with Crippen LogP contribution in [0.3, 0.4) is 0 Å². The molecule has 1 aromatic heterocycles. The highest BCUT2D eigenvalue weighted by Gasteiger charge is 2.09. The van der Waals surface area contributed by atoms with Crippen molar-refractivity contribution in [1.29, 1.82) is 0 Å². The van der Waals surface area contributed by atoms with Crippen molar-refractivity contribution in [3.63, 3.8) is 0 Å². The second-order valence-corrected chi connectivity index (χ2v) is 6.00. The average Bonchev–Trinajstić information content (AvgIpc) is 2.95. The molecule has 1 atom stereocenters. The van der Waals surface area contributed by atoms with Crippen LogP contribution in [-0.2, 0) is 6.54 Å². The summed E-state index contributed by atoms with van der Waals surface area (Å²) in [7, 11) is 0. The summed E-state index contributed by atoms with van der Waals surface area (Å²) in [5.74, 6) is 2.36. The van der Waals surface area contributed by atoms with Crippen molar-refractivity contribution in [3.8, 4) is 11.4 Å². The van der Waals surface area contributed by atoms with Gasteiger partial charge in [0.25, 0.3) is 0 Å². The predicted octanol–water partition coefficient (Wildman–Crippen LogP) is 3.74. The van der Waals surface area contributed by atoms with Crippen molar-refractivity contribution in [3.05, 3.63) is 30.2 Å². The van der Waals surface area contributed by atoms with Gasteiger partial charge in [-0.25, -0.2) is 0 Å². The van der Waals surface area contributed by atoms with Gasteiger partial charge in [-0.05, 0) is 43.4 Å². The molecule has 5 heteroatoms. The van der Waals surface area contributed by atoms with Crippen molar-refractivity contribution < 1.29 is 4.52 Å². The lowest BCUT2D eigenvalue weighted by atomic mass is 10.2. The third-order valence-electron chi connectivity index (χ3n) is 3.11. The molecule has 1 aromatic carbocycles. The van der Waals surface area contributed by atoms with Crippen LogP contribution < -0.4 is 5.32 Å². The van der Waals surface area contributed by atoms with E-state index >= 15 is 0 Å². The molecule has 0 saturated heterocycles. The molecular weight excluding hydrogens is 270 g/mol. The van der Waals surface area contributed by atoms with E-state index < -0.39 is 0 Å². The van der Waals surface area contributed by atoms with E-state index in [9.17, 15) is 0 Å². The Kier molecular flexibility index (Phi) is 5.61. The zero-order chi connectivity index (χ0) is 14.4. The highest BCUT2D eigenvalue weighted by molar-refractivity contribution is 7.99. The zero-order valence-electron chi connectivity index (χ0n) is 12.2. The Morgan fingerprint density at radius 1 is 1.25 bits per heavy atom. The summed E-state index contributed by atoms with van der Waals surface area (Å²) in [5.41, 5.74) is 0.990. The topological polar surface area (TPSA) is 51.0 Å². The first-order chi connectivity index (χ1) is 9.72. The Morgan fingerprint density at radius 2 is 2.00 bits per heavy atom. The Balaban J connectivity index is 2.00. The number of nitrogens with one attached hydrogen (secondary N) is 1. The van der Waals surface area contributed by atoms with Crippen molar-refractivity contribution in [1.82, 2.24) is 15.5 Å². The second kappa shape index (κ2) is 7.45. The molecule has 2 aromatic rings. The lowest BCUT2D eigenvalue weighted by Gasteiger charge is -2.07. The molecule has 108 valence electrons. The molecule has 0 aliphatic carbocycles. The summed E-state index contributed by atoms with van der Waals surface area (Å²) in [4.78, 5) is 5.68. The van der Waals surface area contributed by atoms with E-state index in [-0.39, 0.29) is 0 Å². The number of rotatable bonds is 7. The van der Waals surface area contributed by atoms with Gasteiger partial charge in [-0.2, -0.15) is 4.98 Å². The van der Waals surface area contributed by atoms with Crippen molar-refractivity contribution in [2.45, 2.75) is 44.7 Å². The smallest absolute Gasteiger partial charge is 0.240 e.